The largest absolute Gasteiger partial charge is 0.495 e. The maximum Gasteiger partial charge on any atom is 0.227 e. The third-order valence-electron chi connectivity index (χ3n) is 3.93. The van der Waals surface area contributed by atoms with Crippen molar-refractivity contribution in [1.82, 2.24) is 0 Å². The van der Waals surface area contributed by atoms with Crippen LogP contribution in [0.3, 0.4) is 0 Å². The van der Waals surface area contributed by atoms with Gasteiger partial charge in [-0.3, -0.25) is 4.79 Å². The van der Waals surface area contributed by atoms with E-state index in [1.165, 1.54) is 0 Å². The molecule has 134 valence electrons. The third kappa shape index (κ3) is 5.52. The minimum absolute atomic E-state index is 0.0000292. The average molecular weight is 341 g/mol. The van der Waals surface area contributed by atoms with Crippen molar-refractivity contribution in [3.8, 4) is 11.5 Å². The molecule has 0 heterocycles. The Morgan fingerprint density at radius 3 is 2.52 bits per heavy atom. The Morgan fingerprint density at radius 2 is 1.88 bits per heavy atom. The van der Waals surface area contributed by atoms with Crippen molar-refractivity contribution in [3.63, 3.8) is 0 Å². The summed E-state index contributed by atoms with van der Waals surface area (Å²) < 4.78 is 11.0. The fourth-order valence-corrected chi connectivity index (χ4v) is 2.45. The highest BCUT2D eigenvalue weighted by molar-refractivity contribution is 5.92. The van der Waals surface area contributed by atoms with Crippen LogP contribution in [0.4, 0.5) is 5.69 Å². The molecule has 0 atom stereocenters. The zero-order chi connectivity index (χ0) is 18.4. The molecule has 0 fully saturated rings. The summed E-state index contributed by atoms with van der Waals surface area (Å²) in [6.45, 7) is 8.74. The number of rotatable bonds is 6. The van der Waals surface area contributed by atoms with E-state index in [9.17, 15) is 4.79 Å². The number of hydrogen-bond donors (Lipinski definition) is 1. The van der Waals surface area contributed by atoms with Crippen molar-refractivity contribution < 1.29 is 14.3 Å². The maximum absolute atomic E-state index is 12.3. The fraction of sp³-hybridized carbons (Fsp3) is 0.381. The van der Waals surface area contributed by atoms with Crippen LogP contribution < -0.4 is 14.8 Å². The van der Waals surface area contributed by atoms with Gasteiger partial charge in [0.25, 0.3) is 0 Å². The molecule has 4 nitrogen and oxygen atoms in total. The summed E-state index contributed by atoms with van der Waals surface area (Å²) in [5.41, 5.74) is 2.96. The van der Waals surface area contributed by atoms with E-state index in [-0.39, 0.29) is 17.7 Å². The van der Waals surface area contributed by atoms with Crippen LogP contribution in [0.2, 0.25) is 0 Å². The Balaban J connectivity index is 1.97. The number of methoxy groups -OCH3 is 1. The summed E-state index contributed by atoms with van der Waals surface area (Å²) in [5, 5.41) is 2.93. The smallest absolute Gasteiger partial charge is 0.227 e. The van der Waals surface area contributed by atoms with Crippen LogP contribution in [0.15, 0.2) is 42.5 Å². The van der Waals surface area contributed by atoms with E-state index in [0.29, 0.717) is 18.0 Å². The zero-order valence-corrected chi connectivity index (χ0v) is 15.7. The normalized spacial score (nSPS) is 11.1. The van der Waals surface area contributed by atoms with Gasteiger partial charge in [-0.15, -0.1) is 0 Å². The van der Waals surface area contributed by atoms with Gasteiger partial charge in [0.15, 0.2) is 0 Å². The number of nitrogens with one attached hydrogen (secondary N) is 1. The molecule has 0 radical (unpaired) electrons. The monoisotopic (exact) mass is 341 g/mol. The van der Waals surface area contributed by atoms with Crippen molar-refractivity contribution in [2.24, 2.45) is 0 Å². The first kappa shape index (κ1) is 18.8. The summed E-state index contributed by atoms with van der Waals surface area (Å²) in [6.07, 6.45) is 0.275. The first-order chi connectivity index (χ1) is 11.8. The van der Waals surface area contributed by atoms with E-state index in [0.717, 1.165) is 16.9 Å². The molecule has 1 N–H and O–H groups in total. The van der Waals surface area contributed by atoms with Crippen molar-refractivity contribution in [2.75, 3.05) is 19.0 Å². The van der Waals surface area contributed by atoms with Gasteiger partial charge in [0.2, 0.25) is 5.91 Å². The van der Waals surface area contributed by atoms with Gasteiger partial charge in [0.1, 0.15) is 11.5 Å². The lowest BCUT2D eigenvalue weighted by Gasteiger charge is -2.21. The van der Waals surface area contributed by atoms with Gasteiger partial charge in [-0.2, -0.15) is 0 Å². The summed E-state index contributed by atoms with van der Waals surface area (Å²) in [6, 6.07) is 13.7. The van der Waals surface area contributed by atoms with Gasteiger partial charge in [0.05, 0.1) is 25.8 Å². The molecule has 2 rings (SSSR count). The molecule has 2 aromatic carbocycles. The molecule has 0 saturated heterocycles. The van der Waals surface area contributed by atoms with Crippen LogP contribution in [-0.4, -0.2) is 19.6 Å². The first-order valence-electron chi connectivity index (χ1n) is 8.47. The molecule has 0 unspecified atom stereocenters. The van der Waals surface area contributed by atoms with Gasteiger partial charge in [-0.25, -0.2) is 0 Å². The highest BCUT2D eigenvalue weighted by Gasteiger charge is 2.17. The fourth-order valence-electron chi connectivity index (χ4n) is 2.45. The minimum Gasteiger partial charge on any atom is -0.495 e. The van der Waals surface area contributed by atoms with Crippen molar-refractivity contribution in [3.05, 3.63) is 53.6 Å². The molecule has 0 saturated carbocycles. The Hall–Kier alpha value is -2.49. The van der Waals surface area contributed by atoms with Gasteiger partial charge >= 0.3 is 0 Å². The standard InChI is InChI=1S/C21H27NO3/c1-15-7-6-8-17(13-15)25-12-11-20(23)22-18-14-16(21(2,3)4)9-10-19(18)24-5/h6-10,13-14H,11-12H2,1-5H3,(H,22,23). The highest BCUT2D eigenvalue weighted by Crippen LogP contribution is 2.31. The molecule has 0 aliphatic carbocycles. The number of amides is 1. The number of benzene rings is 2. The Labute approximate surface area is 150 Å². The van der Waals surface area contributed by atoms with Crippen LogP contribution in [0.1, 0.15) is 38.3 Å². The van der Waals surface area contributed by atoms with Crippen LogP contribution in [0.25, 0.3) is 0 Å². The number of carbonyl (C=O) groups is 1. The van der Waals surface area contributed by atoms with Crippen LogP contribution in [0, 0.1) is 6.92 Å². The van der Waals surface area contributed by atoms with Gasteiger partial charge in [-0.05, 0) is 47.7 Å². The van der Waals surface area contributed by atoms with Crippen LogP contribution in [0.5, 0.6) is 11.5 Å². The van der Waals surface area contributed by atoms with Crippen molar-refractivity contribution in [2.45, 2.75) is 39.5 Å². The third-order valence-corrected chi connectivity index (χ3v) is 3.93. The van der Waals surface area contributed by atoms with Crippen molar-refractivity contribution >= 4 is 11.6 Å². The summed E-state index contributed by atoms with van der Waals surface area (Å²) >= 11 is 0. The number of ether oxygens (including phenoxy) is 2. The van der Waals surface area contributed by atoms with Gasteiger partial charge in [0, 0.05) is 0 Å². The second kappa shape index (κ2) is 8.06. The van der Waals surface area contributed by atoms with E-state index < -0.39 is 0 Å². The summed E-state index contributed by atoms with van der Waals surface area (Å²) in [7, 11) is 1.60. The molecule has 0 bridgehead atoms. The lowest BCUT2D eigenvalue weighted by Crippen LogP contribution is -2.17. The van der Waals surface area contributed by atoms with Gasteiger partial charge in [-0.1, -0.05) is 39.0 Å². The quantitative estimate of drug-likeness (QED) is 0.828. The number of hydrogen-bond acceptors (Lipinski definition) is 3. The molecule has 2 aromatic rings. The Kier molecular flexibility index (Phi) is 6.07. The molecule has 1 amide bonds. The molecule has 25 heavy (non-hydrogen) atoms. The maximum atomic E-state index is 12.3. The predicted octanol–water partition coefficient (Wildman–Crippen LogP) is 4.71. The molecule has 0 aliphatic heterocycles. The average Bonchev–Trinajstić information content (AvgIpc) is 2.54. The van der Waals surface area contributed by atoms with Crippen LogP contribution in [-0.2, 0) is 10.2 Å². The zero-order valence-electron chi connectivity index (χ0n) is 15.7. The Morgan fingerprint density at radius 1 is 1.12 bits per heavy atom. The molecular weight excluding hydrogens is 314 g/mol. The van der Waals surface area contributed by atoms with E-state index >= 15 is 0 Å². The van der Waals surface area contributed by atoms with E-state index in [2.05, 4.69) is 26.1 Å². The molecule has 0 aromatic heterocycles. The van der Waals surface area contributed by atoms with E-state index in [1.807, 2.05) is 49.4 Å². The lowest BCUT2D eigenvalue weighted by molar-refractivity contribution is -0.116. The molecule has 0 aliphatic rings. The van der Waals surface area contributed by atoms with Crippen molar-refractivity contribution in [1.29, 1.82) is 0 Å². The SMILES string of the molecule is COc1ccc(C(C)(C)C)cc1NC(=O)CCOc1cccc(C)c1. The Bertz CT molecular complexity index is 732. The molecule has 0 spiro atoms. The van der Waals surface area contributed by atoms with E-state index in [4.69, 9.17) is 9.47 Å². The second-order valence-corrected chi connectivity index (χ2v) is 7.13. The number of carbonyl (C=O) groups excluding carboxylic acids is 1. The van der Waals surface area contributed by atoms with E-state index in [1.54, 1.807) is 7.11 Å². The first-order valence-corrected chi connectivity index (χ1v) is 8.47. The topological polar surface area (TPSA) is 47.6 Å². The number of aryl methyl sites for hydroxylation is 1. The molecular formula is C21H27NO3. The number of anilines is 1. The second-order valence-electron chi connectivity index (χ2n) is 7.13. The summed E-state index contributed by atoms with van der Waals surface area (Å²) in [5.74, 6) is 1.33. The van der Waals surface area contributed by atoms with Crippen LogP contribution >= 0.6 is 0 Å². The minimum atomic E-state index is -0.1000. The lowest BCUT2D eigenvalue weighted by atomic mass is 9.87. The predicted molar refractivity (Wildman–Crippen MR) is 102 cm³/mol. The molecule has 4 heteroatoms. The highest BCUT2D eigenvalue weighted by atomic mass is 16.5. The summed E-state index contributed by atoms with van der Waals surface area (Å²) in [4.78, 5) is 12.3. The van der Waals surface area contributed by atoms with Gasteiger partial charge < -0.3 is 14.8 Å².